The van der Waals surface area contributed by atoms with Crippen molar-refractivity contribution in [1.29, 1.82) is 0 Å². The molecule has 3 rings (SSSR count). The van der Waals surface area contributed by atoms with Crippen LogP contribution < -0.4 is 16.0 Å². The molecule has 1 aromatic heterocycles. The van der Waals surface area contributed by atoms with Crippen LogP contribution in [0.3, 0.4) is 0 Å². The fraction of sp³-hybridized carbons (Fsp3) is 0.0500. The summed E-state index contributed by atoms with van der Waals surface area (Å²) in [5.74, 6) is -2.10. The maximum Gasteiger partial charge on any atom is 0.257 e. The molecule has 0 fully saturated rings. The maximum absolute atomic E-state index is 13.8. The molecule has 28 heavy (non-hydrogen) atoms. The predicted molar refractivity (Wildman–Crippen MR) is 103 cm³/mol. The fourth-order valence-corrected chi connectivity index (χ4v) is 2.46. The van der Waals surface area contributed by atoms with E-state index in [1.165, 1.54) is 31.5 Å². The minimum Gasteiger partial charge on any atom is -0.352 e. The van der Waals surface area contributed by atoms with Gasteiger partial charge in [-0.05, 0) is 36.4 Å². The van der Waals surface area contributed by atoms with E-state index < -0.39 is 17.5 Å². The predicted octanol–water partition coefficient (Wildman–Crippen LogP) is 4.31. The second-order valence-corrected chi connectivity index (χ2v) is 5.93. The Kier molecular flexibility index (Phi) is 5.59. The minimum absolute atomic E-state index is 0.0590. The highest BCUT2D eigenvalue weighted by atomic mass is 19.1. The monoisotopic (exact) mass is 382 g/mol. The highest BCUT2D eigenvalue weighted by Gasteiger charge is 2.10. The summed E-state index contributed by atoms with van der Waals surface area (Å²) in [5.41, 5.74) is 1.69. The Labute approximate surface area is 159 Å². The topological polar surface area (TPSA) is 83.1 Å². The lowest BCUT2D eigenvalue weighted by molar-refractivity contribution is -0.114. The van der Waals surface area contributed by atoms with Gasteiger partial charge in [0.2, 0.25) is 5.91 Å². The van der Waals surface area contributed by atoms with E-state index in [4.69, 9.17) is 0 Å². The Morgan fingerprint density at radius 1 is 0.893 bits per heavy atom. The summed E-state index contributed by atoms with van der Waals surface area (Å²) < 4.78 is 26.8. The molecule has 0 atom stereocenters. The molecule has 0 unspecified atom stereocenters. The second-order valence-electron chi connectivity index (χ2n) is 5.93. The van der Waals surface area contributed by atoms with Crippen molar-refractivity contribution in [1.82, 2.24) is 4.98 Å². The third-order valence-electron chi connectivity index (χ3n) is 3.65. The quantitative estimate of drug-likeness (QED) is 0.614. The van der Waals surface area contributed by atoms with Crippen molar-refractivity contribution in [3.05, 3.63) is 78.1 Å². The number of anilines is 4. The molecule has 0 saturated carbocycles. The lowest BCUT2D eigenvalue weighted by Crippen LogP contribution is -2.13. The molecular weight excluding hydrogens is 366 g/mol. The van der Waals surface area contributed by atoms with Crippen LogP contribution in [0.25, 0.3) is 0 Å². The van der Waals surface area contributed by atoms with Crippen molar-refractivity contribution >= 4 is 34.6 Å². The van der Waals surface area contributed by atoms with Crippen LogP contribution >= 0.6 is 0 Å². The van der Waals surface area contributed by atoms with Crippen LogP contribution in [0.5, 0.6) is 0 Å². The lowest BCUT2D eigenvalue weighted by Gasteiger charge is -2.10. The van der Waals surface area contributed by atoms with Gasteiger partial charge in [-0.15, -0.1) is 0 Å². The molecule has 0 radical (unpaired) electrons. The standard InChI is InChI=1S/C20H16F2N4O2/c1-12(27)24-15-3-2-4-16(9-15)26-20(28)13-7-17(11-23-10-13)25-19-6-5-14(21)8-18(19)22/h2-11,25H,1H3,(H,24,27)(H,26,28). The molecule has 3 aromatic rings. The first-order chi connectivity index (χ1) is 13.4. The van der Waals surface area contributed by atoms with Crippen LogP contribution in [-0.2, 0) is 4.79 Å². The van der Waals surface area contributed by atoms with E-state index in [1.54, 1.807) is 24.3 Å². The SMILES string of the molecule is CC(=O)Nc1cccc(NC(=O)c2cncc(Nc3ccc(F)cc3F)c2)c1. The molecule has 8 heteroatoms. The van der Waals surface area contributed by atoms with Gasteiger partial charge in [-0.25, -0.2) is 8.78 Å². The van der Waals surface area contributed by atoms with Gasteiger partial charge in [0.15, 0.2) is 0 Å². The largest absolute Gasteiger partial charge is 0.352 e. The summed E-state index contributed by atoms with van der Waals surface area (Å²) in [5, 5.41) is 8.09. The molecule has 142 valence electrons. The number of halogens is 2. The van der Waals surface area contributed by atoms with Gasteiger partial charge in [0, 0.05) is 30.6 Å². The van der Waals surface area contributed by atoms with Gasteiger partial charge in [-0.2, -0.15) is 0 Å². The Balaban J connectivity index is 1.74. The number of carbonyl (C=O) groups excluding carboxylic acids is 2. The van der Waals surface area contributed by atoms with Crippen molar-refractivity contribution in [2.24, 2.45) is 0 Å². The summed E-state index contributed by atoms with van der Waals surface area (Å²) in [7, 11) is 0. The van der Waals surface area contributed by atoms with Crippen molar-refractivity contribution < 1.29 is 18.4 Å². The highest BCUT2D eigenvalue weighted by molar-refractivity contribution is 6.05. The van der Waals surface area contributed by atoms with Crippen LogP contribution in [0, 0.1) is 11.6 Å². The molecule has 3 N–H and O–H groups in total. The Hall–Kier alpha value is -3.81. The molecular formula is C20H16F2N4O2. The first kappa shape index (κ1) is 19.0. The molecule has 0 aliphatic rings. The zero-order valence-electron chi connectivity index (χ0n) is 14.8. The van der Waals surface area contributed by atoms with Gasteiger partial charge >= 0.3 is 0 Å². The third-order valence-corrected chi connectivity index (χ3v) is 3.65. The van der Waals surface area contributed by atoms with Gasteiger partial charge in [0.25, 0.3) is 5.91 Å². The van der Waals surface area contributed by atoms with Gasteiger partial charge in [-0.3, -0.25) is 14.6 Å². The van der Waals surface area contributed by atoms with Crippen molar-refractivity contribution in [3.63, 3.8) is 0 Å². The first-order valence-electron chi connectivity index (χ1n) is 8.27. The molecule has 0 bridgehead atoms. The molecule has 0 saturated heterocycles. The smallest absolute Gasteiger partial charge is 0.257 e. The van der Waals surface area contributed by atoms with E-state index in [-0.39, 0.29) is 17.2 Å². The van der Waals surface area contributed by atoms with Crippen LogP contribution in [0.1, 0.15) is 17.3 Å². The van der Waals surface area contributed by atoms with E-state index >= 15 is 0 Å². The number of aromatic nitrogens is 1. The molecule has 6 nitrogen and oxygen atoms in total. The summed E-state index contributed by atoms with van der Waals surface area (Å²) in [6.07, 6.45) is 2.77. The Morgan fingerprint density at radius 2 is 1.64 bits per heavy atom. The number of pyridine rings is 1. The summed E-state index contributed by atoms with van der Waals surface area (Å²) in [6.45, 7) is 1.39. The van der Waals surface area contributed by atoms with Crippen molar-refractivity contribution in [2.75, 3.05) is 16.0 Å². The number of nitrogens with zero attached hydrogens (tertiary/aromatic N) is 1. The number of rotatable bonds is 5. The number of benzene rings is 2. The van der Waals surface area contributed by atoms with Gasteiger partial charge < -0.3 is 16.0 Å². The van der Waals surface area contributed by atoms with Crippen molar-refractivity contribution in [3.8, 4) is 0 Å². The highest BCUT2D eigenvalue weighted by Crippen LogP contribution is 2.21. The van der Waals surface area contributed by atoms with Gasteiger partial charge in [0.1, 0.15) is 11.6 Å². The minimum atomic E-state index is -0.760. The third kappa shape index (κ3) is 4.88. The zero-order chi connectivity index (χ0) is 20.1. The summed E-state index contributed by atoms with van der Waals surface area (Å²) in [6, 6.07) is 11.3. The molecule has 2 amide bonds. The van der Waals surface area contributed by atoms with Crippen LogP contribution in [-0.4, -0.2) is 16.8 Å². The number of hydrogen-bond acceptors (Lipinski definition) is 4. The van der Waals surface area contributed by atoms with Crippen LogP contribution in [0.4, 0.5) is 31.5 Å². The van der Waals surface area contributed by atoms with E-state index in [0.29, 0.717) is 17.1 Å². The zero-order valence-corrected chi connectivity index (χ0v) is 14.8. The van der Waals surface area contributed by atoms with Crippen LogP contribution in [0.15, 0.2) is 60.9 Å². The second kappa shape index (κ2) is 8.26. The normalized spacial score (nSPS) is 10.2. The first-order valence-corrected chi connectivity index (χ1v) is 8.27. The van der Waals surface area contributed by atoms with Crippen LogP contribution in [0.2, 0.25) is 0 Å². The Bertz CT molecular complexity index is 1040. The number of nitrogens with one attached hydrogen (secondary N) is 3. The molecule has 0 spiro atoms. The summed E-state index contributed by atoms with van der Waals surface area (Å²) in [4.78, 5) is 27.6. The fourth-order valence-electron chi connectivity index (χ4n) is 2.46. The molecule has 0 aliphatic carbocycles. The van der Waals surface area contributed by atoms with E-state index in [2.05, 4.69) is 20.9 Å². The van der Waals surface area contributed by atoms with E-state index in [9.17, 15) is 18.4 Å². The summed E-state index contributed by atoms with van der Waals surface area (Å²) >= 11 is 0. The number of amides is 2. The molecule has 1 heterocycles. The average Bonchev–Trinajstić information content (AvgIpc) is 2.64. The lowest BCUT2D eigenvalue weighted by atomic mass is 10.2. The number of hydrogen-bond donors (Lipinski definition) is 3. The van der Waals surface area contributed by atoms with Crippen molar-refractivity contribution in [2.45, 2.75) is 6.92 Å². The maximum atomic E-state index is 13.8. The van der Waals surface area contributed by atoms with E-state index in [1.807, 2.05) is 0 Å². The molecule has 0 aliphatic heterocycles. The van der Waals surface area contributed by atoms with E-state index in [0.717, 1.165) is 12.1 Å². The molecule has 2 aromatic carbocycles. The average molecular weight is 382 g/mol. The van der Waals surface area contributed by atoms with Gasteiger partial charge in [-0.1, -0.05) is 6.07 Å². The number of carbonyl (C=O) groups is 2. The van der Waals surface area contributed by atoms with Gasteiger partial charge in [0.05, 0.1) is 23.1 Å². The Morgan fingerprint density at radius 3 is 2.36 bits per heavy atom.